The summed E-state index contributed by atoms with van der Waals surface area (Å²) in [6.07, 6.45) is 5.17. The van der Waals surface area contributed by atoms with E-state index in [9.17, 15) is 4.79 Å². The fraction of sp³-hybridized carbons (Fsp3) is 0.231. The Bertz CT molecular complexity index is 1170. The van der Waals surface area contributed by atoms with Gasteiger partial charge < -0.3 is 19.0 Å². The van der Waals surface area contributed by atoms with Crippen LogP contribution in [0.3, 0.4) is 0 Å². The number of thiophene rings is 1. The van der Waals surface area contributed by atoms with Crippen LogP contribution in [0.4, 0.5) is 5.00 Å². The highest BCUT2D eigenvalue weighted by atomic mass is 32.1. The van der Waals surface area contributed by atoms with Crippen LogP contribution < -0.4 is 4.90 Å². The van der Waals surface area contributed by atoms with E-state index in [4.69, 9.17) is 9.15 Å². The Hall–Kier alpha value is -3.42. The third kappa shape index (κ3) is 4.99. The monoisotopic (exact) mass is 459 g/mol. The number of aromatic nitrogens is 1. The highest BCUT2D eigenvalue weighted by molar-refractivity contribution is 7.18. The number of nitrogens with zero attached hydrogens (tertiary/aromatic N) is 3. The maximum absolute atomic E-state index is 13.8. The molecule has 3 aromatic heterocycles. The van der Waals surface area contributed by atoms with Gasteiger partial charge in [-0.3, -0.25) is 9.78 Å². The SMILES string of the molecule is O=C(c1cc(-c2ccccc2)c(N2CCOCC2)s1)N(Cc1cccnc1)Cc1ccco1. The van der Waals surface area contributed by atoms with Crippen LogP contribution in [0.1, 0.15) is 21.0 Å². The molecule has 0 spiro atoms. The average molecular weight is 460 g/mol. The summed E-state index contributed by atoms with van der Waals surface area (Å²) < 4.78 is 11.1. The van der Waals surface area contributed by atoms with Gasteiger partial charge in [0, 0.05) is 37.6 Å². The summed E-state index contributed by atoms with van der Waals surface area (Å²) in [6, 6.07) is 19.9. The van der Waals surface area contributed by atoms with Gasteiger partial charge in [-0.25, -0.2) is 0 Å². The van der Waals surface area contributed by atoms with Gasteiger partial charge in [0.25, 0.3) is 5.91 Å². The second kappa shape index (κ2) is 10.0. The van der Waals surface area contributed by atoms with Gasteiger partial charge in [0.15, 0.2) is 0 Å². The van der Waals surface area contributed by atoms with Gasteiger partial charge in [0.1, 0.15) is 5.76 Å². The topological polar surface area (TPSA) is 58.8 Å². The van der Waals surface area contributed by atoms with Gasteiger partial charge >= 0.3 is 0 Å². The Labute approximate surface area is 197 Å². The Balaban J connectivity index is 1.49. The third-order valence-electron chi connectivity index (χ3n) is 5.62. The molecule has 0 bridgehead atoms. The molecule has 1 fully saturated rings. The fourth-order valence-electron chi connectivity index (χ4n) is 3.97. The van der Waals surface area contributed by atoms with E-state index >= 15 is 0 Å². The van der Waals surface area contributed by atoms with Crippen LogP contribution in [-0.2, 0) is 17.8 Å². The lowest BCUT2D eigenvalue weighted by molar-refractivity contribution is 0.0722. The highest BCUT2D eigenvalue weighted by Crippen LogP contribution is 2.40. The Kier molecular flexibility index (Phi) is 6.51. The van der Waals surface area contributed by atoms with Crippen molar-refractivity contribution < 1.29 is 13.9 Å². The molecule has 0 aliphatic carbocycles. The maximum Gasteiger partial charge on any atom is 0.264 e. The van der Waals surface area contributed by atoms with E-state index in [-0.39, 0.29) is 5.91 Å². The molecule has 7 heteroatoms. The normalized spacial score (nSPS) is 13.8. The number of carbonyl (C=O) groups is 1. The van der Waals surface area contributed by atoms with E-state index in [0.29, 0.717) is 31.2 Å². The summed E-state index contributed by atoms with van der Waals surface area (Å²) in [5.74, 6) is 0.734. The lowest BCUT2D eigenvalue weighted by atomic mass is 10.1. The molecule has 5 rings (SSSR count). The molecule has 1 aromatic carbocycles. The minimum absolute atomic E-state index is 0.0167. The minimum atomic E-state index is -0.0167. The molecular formula is C26H25N3O3S. The summed E-state index contributed by atoms with van der Waals surface area (Å²) in [5, 5.41) is 1.12. The molecule has 33 heavy (non-hydrogen) atoms. The quantitative estimate of drug-likeness (QED) is 0.386. The molecule has 0 N–H and O–H groups in total. The number of furan rings is 1. The first kappa shape index (κ1) is 21.4. The fourth-order valence-corrected chi connectivity index (χ4v) is 5.17. The number of pyridine rings is 1. The first-order valence-corrected chi connectivity index (χ1v) is 11.8. The van der Waals surface area contributed by atoms with Gasteiger partial charge in [-0.05, 0) is 35.4 Å². The molecule has 168 valence electrons. The predicted octanol–water partition coefficient (Wildman–Crippen LogP) is 5.08. The van der Waals surface area contributed by atoms with Gasteiger partial charge in [-0.1, -0.05) is 36.4 Å². The predicted molar refractivity (Wildman–Crippen MR) is 129 cm³/mol. The van der Waals surface area contributed by atoms with Crippen LogP contribution in [0.5, 0.6) is 0 Å². The molecule has 1 aliphatic heterocycles. The number of carbonyl (C=O) groups excluding carboxylic acids is 1. The minimum Gasteiger partial charge on any atom is -0.467 e. The van der Waals surface area contributed by atoms with Gasteiger partial charge in [0.2, 0.25) is 0 Å². The molecule has 4 aromatic rings. The molecule has 0 saturated carbocycles. The maximum atomic E-state index is 13.8. The van der Waals surface area contributed by atoms with Crippen molar-refractivity contribution in [1.29, 1.82) is 0 Å². The molecule has 4 heterocycles. The summed E-state index contributed by atoms with van der Waals surface area (Å²) in [4.78, 5) is 22.9. The summed E-state index contributed by atoms with van der Waals surface area (Å²) in [6.45, 7) is 3.88. The van der Waals surface area contributed by atoms with E-state index < -0.39 is 0 Å². The first-order valence-electron chi connectivity index (χ1n) is 11.0. The van der Waals surface area contributed by atoms with Crippen LogP contribution in [0.15, 0.2) is 83.7 Å². The lowest BCUT2D eigenvalue weighted by Crippen LogP contribution is -2.35. The number of hydrogen-bond donors (Lipinski definition) is 0. The van der Waals surface area contributed by atoms with Gasteiger partial charge in [-0.15, -0.1) is 11.3 Å². The molecule has 0 atom stereocenters. The number of anilines is 1. The van der Waals surface area contributed by atoms with Crippen molar-refractivity contribution in [2.45, 2.75) is 13.1 Å². The van der Waals surface area contributed by atoms with Crippen molar-refractivity contribution >= 4 is 22.2 Å². The largest absolute Gasteiger partial charge is 0.467 e. The van der Waals surface area contributed by atoms with Gasteiger partial charge in [0.05, 0.1) is 35.9 Å². The van der Waals surface area contributed by atoms with E-state index in [2.05, 4.69) is 22.0 Å². The standard InChI is InChI=1S/C26H25N3O3S/c30-25(29(19-22-9-5-13-32-22)18-20-6-4-10-27-17-20)24-16-23(21-7-2-1-3-8-21)26(33-24)28-11-14-31-15-12-28/h1-10,13,16-17H,11-12,14-15,18-19H2. The molecule has 1 saturated heterocycles. The number of amides is 1. The van der Waals surface area contributed by atoms with Crippen molar-refractivity contribution in [3.8, 4) is 11.1 Å². The zero-order valence-corrected chi connectivity index (χ0v) is 19.0. The third-order valence-corrected chi connectivity index (χ3v) is 6.80. The van der Waals surface area contributed by atoms with Crippen molar-refractivity contribution in [1.82, 2.24) is 9.88 Å². The summed E-state index contributed by atoms with van der Waals surface area (Å²) in [7, 11) is 0. The number of benzene rings is 1. The number of ether oxygens (including phenoxy) is 1. The Morgan fingerprint density at radius 2 is 1.88 bits per heavy atom. The van der Waals surface area contributed by atoms with E-state index in [1.54, 1.807) is 30.0 Å². The average Bonchev–Trinajstić information content (AvgIpc) is 3.55. The van der Waals surface area contributed by atoms with Crippen molar-refractivity contribution in [2.75, 3.05) is 31.2 Å². The van der Waals surface area contributed by atoms with E-state index in [0.717, 1.165) is 40.5 Å². The molecule has 0 unspecified atom stereocenters. The Morgan fingerprint density at radius 1 is 1.03 bits per heavy atom. The van der Waals surface area contributed by atoms with Crippen LogP contribution in [0.2, 0.25) is 0 Å². The molecule has 1 aliphatic rings. The summed E-state index contributed by atoms with van der Waals surface area (Å²) in [5.41, 5.74) is 3.18. The molecule has 6 nitrogen and oxygen atoms in total. The van der Waals surface area contributed by atoms with Crippen LogP contribution in [0, 0.1) is 0 Å². The molecule has 1 amide bonds. The second-order valence-corrected chi connectivity index (χ2v) is 8.93. The van der Waals surface area contributed by atoms with Crippen LogP contribution in [-0.4, -0.2) is 42.1 Å². The summed E-state index contributed by atoms with van der Waals surface area (Å²) >= 11 is 1.55. The smallest absolute Gasteiger partial charge is 0.264 e. The van der Waals surface area contributed by atoms with Crippen molar-refractivity contribution in [3.05, 3.63) is 95.5 Å². The zero-order chi connectivity index (χ0) is 22.5. The lowest BCUT2D eigenvalue weighted by Gasteiger charge is -2.28. The Morgan fingerprint density at radius 3 is 2.61 bits per heavy atom. The number of morpholine rings is 1. The number of hydrogen-bond acceptors (Lipinski definition) is 6. The van der Waals surface area contributed by atoms with E-state index in [1.807, 2.05) is 53.4 Å². The van der Waals surface area contributed by atoms with Crippen LogP contribution in [0.25, 0.3) is 11.1 Å². The molecular weight excluding hydrogens is 434 g/mol. The van der Waals surface area contributed by atoms with Crippen molar-refractivity contribution in [3.63, 3.8) is 0 Å². The van der Waals surface area contributed by atoms with E-state index in [1.165, 1.54) is 0 Å². The van der Waals surface area contributed by atoms with Gasteiger partial charge in [-0.2, -0.15) is 0 Å². The van der Waals surface area contributed by atoms with Crippen molar-refractivity contribution in [2.24, 2.45) is 0 Å². The first-order chi connectivity index (χ1) is 16.3. The van der Waals surface area contributed by atoms with Crippen LogP contribution >= 0.6 is 11.3 Å². The highest BCUT2D eigenvalue weighted by Gasteiger charge is 2.25. The molecule has 0 radical (unpaired) electrons. The second-order valence-electron chi connectivity index (χ2n) is 7.90. The zero-order valence-electron chi connectivity index (χ0n) is 18.2. The number of rotatable bonds is 7.